The van der Waals surface area contributed by atoms with Crippen LogP contribution in [0.1, 0.15) is 26.3 Å². The lowest BCUT2D eigenvalue weighted by molar-refractivity contribution is -0.304. The van der Waals surface area contributed by atoms with E-state index in [1.807, 2.05) is 0 Å². The molecule has 0 saturated heterocycles. The van der Waals surface area contributed by atoms with Crippen molar-refractivity contribution in [1.82, 2.24) is 4.98 Å². The van der Waals surface area contributed by atoms with Crippen LogP contribution in [0, 0.1) is 0 Å². The lowest BCUT2D eigenvalue weighted by atomic mass is 10.0. The monoisotopic (exact) mass is 468 g/mol. The number of ether oxygens (including phenoxy) is 1. The van der Waals surface area contributed by atoms with Gasteiger partial charge in [-0.3, -0.25) is 14.6 Å². The zero-order chi connectivity index (χ0) is 24.2. The predicted octanol–water partition coefficient (Wildman–Crippen LogP) is 5.44. The fourth-order valence-corrected chi connectivity index (χ4v) is 2.65. The minimum atomic E-state index is -5.80. The maximum Gasteiger partial charge on any atom is 0.439 e. The van der Waals surface area contributed by atoms with E-state index in [0.717, 1.165) is 24.3 Å². The molecule has 0 aliphatic rings. The third-order valence-electron chi connectivity index (χ3n) is 4.30. The van der Waals surface area contributed by atoms with Crippen LogP contribution in [-0.4, -0.2) is 35.1 Å². The number of ketones is 1. The van der Waals surface area contributed by atoms with Gasteiger partial charge in [0, 0.05) is 34.8 Å². The average Bonchev–Trinajstić information content (AvgIpc) is 2.79. The lowest BCUT2D eigenvalue weighted by Crippen LogP contribution is -2.45. The molecule has 5 nitrogen and oxygen atoms in total. The van der Waals surface area contributed by atoms with E-state index in [1.165, 1.54) is 36.7 Å². The summed E-state index contributed by atoms with van der Waals surface area (Å²) in [6.07, 6.45) is -12.5. The van der Waals surface area contributed by atoms with Gasteiger partial charge in [0.05, 0.1) is 0 Å². The second-order valence-corrected chi connectivity index (χ2v) is 6.69. The van der Waals surface area contributed by atoms with Gasteiger partial charge in [0.25, 0.3) is 12.1 Å². The van der Waals surface area contributed by atoms with Crippen LogP contribution < -0.4 is 10.1 Å². The minimum Gasteiger partial charge on any atom is -0.430 e. The number of nitrogens with one attached hydrogen (secondary N) is 1. The summed E-state index contributed by atoms with van der Waals surface area (Å²) in [5, 5.41) is 2.51. The molecule has 3 aromatic rings. The zero-order valence-corrected chi connectivity index (χ0v) is 16.4. The summed E-state index contributed by atoms with van der Waals surface area (Å²) in [4.78, 5) is 28.5. The summed E-state index contributed by atoms with van der Waals surface area (Å²) >= 11 is 0. The molecular weight excluding hydrogens is 454 g/mol. The quantitative estimate of drug-likeness (QED) is 0.371. The third-order valence-corrected chi connectivity index (χ3v) is 4.30. The van der Waals surface area contributed by atoms with Gasteiger partial charge in [0.2, 0.25) is 0 Å². The fourth-order valence-electron chi connectivity index (χ4n) is 2.65. The van der Waals surface area contributed by atoms with Gasteiger partial charge < -0.3 is 10.1 Å². The van der Waals surface area contributed by atoms with E-state index in [-0.39, 0.29) is 11.3 Å². The molecule has 1 unspecified atom stereocenters. The van der Waals surface area contributed by atoms with Crippen molar-refractivity contribution < 1.29 is 40.7 Å². The van der Waals surface area contributed by atoms with Crippen LogP contribution in [0.3, 0.4) is 0 Å². The molecule has 0 spiro atoms. The number of halogens is 6. The molecule has 33 heavy (non-hydrogen) atoms. The number of carbonyl (C=O) groups is 2. The van der Waals surface area contributed by atoms with Gasteiger partial charge in [0.15, 0.2) is 5.78 Å². The highest BCUT2D eigenvalue weighted by molar-refractivity contribution is 6.09. The first-order valence-electron chi connectivity index (χ1n) is 9.21. The molecule has 1 aromatic heterocycles. The first-order valence-corrected chi connectivity index (χ1v) is 9.21. The number of benzene rings is 2. The maximum absolute atomic E-state index is 13.3. The van der Waals surface area contributed by atoms with Crippen molar-refractivity contribution >= 4 is 17.4 Å². The molecule has 1 atom stereocenters. The number of aromatic nitrogens is 1. The number of alkyl halides is 6. The van der Waals surface area contributed by atoms with Crippen molar-refractivity contribution in [3.8, 4) is 5.75 Å². The van der Waals surface area contributed by atoms with Crippen molar-refractivity contribution in [3.63, 3.8) is 0 Å². The number of hydrogen-bond acceptors (Lipinski definition) is 4. The lowest BCUT2D eigenvalue weighted by Gasteiger charge is -2.23. The molecule has 0 aliphatic heterocycles. The maximum atomic E-state index is 13.3. The topological polar surface area (TPSA) is 68.3 Å². The Morgan fingerprint density at radius 1 is 0.788 bits per heavy atom. The molecule has 1 amide bonds. The number of anilines is 1. The summed E-state index contributed by atoms with van der Waals surface area (Å²) in [6.45, 7) is 0. The van der Waals surface area contributed by atoms with E-state index in [1.54, 1.807) is 12.1 Å². The van der Waals surface area contributed by atoms with Crippen LogP contribution >= 0.6 is 0 Å². The van der Waals surface area contributed by atoms with Gasteiger partial charge in [0.1, 0.15) is 5.75 Å². The highest BCUT2D eigenvalue weighted by atomic mass is 19.4. The molecule has 11 heteroatoms. The first-order chi connectivity index (χ1) is 15.5. The number of rotatable bonds is 7. The van der Waals surface area contributed by atoms with Gasteiger partial charge in [-0.2, -0.15) is 22.0 Å². The molecule has 0 radical (unpaired) electrons. The van der Waals surface area contributed by atoms with Crippen LogP contribution in [0.4, 0.5) is 32.0 Å². The molecular formula is C22H14F6N2O3. The molecule has 2 aromatic carbocycles. The molecule has 172 valence electrons. The first kappa shape index (κ1) is 23.8. The van der Waals surface area contributed by atoms with Gasteiger partial charge >= 0.3 is 12.3 Å². The predicted molar refractivity (Wildman–Crippen MR) is 105 cm³/mol. The average molecular weight is 468 g/mol. The fraction of sp³-hybridized carbons (Fsp3) is 0.136. The van der Waals surface area contributed by atoms with Gasteiger partial charge in [-0.05, 0) is 60.7 Å². The Balaban J connectivity index is 1.63. The summed E-state index contributed by atoms with van der Waals surface area (Å²) in [6, 6.07) is 12.7. The van der Waals surface area contributed by atoms with E-state index in [2.05, 4.69) is 15.0 Å². The van der Waals surface area contributed by atoms with E-state index >= 15 is 0 Å². The van der Waals surface area contributed by atoms with Crippen LogP contribution in [0.2, 0.25) is 0 Å². The summed E-state index contributed by atoms with van der Waals surface area (Å²) in [5.41, 5.74) is 1.09. The Morgan fingerprint density at radius 3 is 1.85 bits per heavy atom. The minimum absolute atomic E-state index is 0.0322. The largest absolute Gasteiger partial charge is 0.439 e. The smallest absolute Gasteiger partial charge is 0.430 e. The number of hydrogen-bond donors (Lipinski definition) is 1. The summed E-state index contributed by atoms with van der Waals surface area (Å²) < 4.78 is 79.9. The van der Waals surface area contributed by atoms with E-state index in [0.29, 0.717) is 16.8 Å². The molecule has 0 saturated carbocycles. The van der Waals surface area contributed by atoms with Crippen LogP contribution in [0.5, 0.6) is 5.75 Å². The molecule has 1 N–H and O–H groups in total. The van der Waals surface area contributed by atoms with E-state index in [9.17, 15) is 35.9 Å². The van der Waals surface area contributed by atoms with Crippen LogP contribution in [-0.2, 0) is 0 Å². The Kier molecular flexibility index (Phi) is 6.70. The third kappa shape index (κ3) is 5.88. The van der Waals surface area contributed by atoms with Crippen molar-refractivity contribution in [2.24, 2.45) is 0 Å². The van der Waals surface area contributed by atoms with E-state index in [4.69, 9.17) is 0 Å². The zero-order valence-electron chi connectivity index (χ0n) is 16.4. The van der Waals surface area contributed by atoms with Crippen LogP contribution in [0.25, 0.3) is 0 Å². The molecule has 0 fully saturated rings. The van der Waals surface area contributed by atoms with Crippen molar-refractivity contribution in [3.05, 3.63) is 89.7 Å². The normalized spacial score (nSPS) is 12.7. The van der Waals surface area contributed by atoms with E-state index < -0.39 is 30.1 Å². The van der Waals surface area contributed by atoms with Crippen molar-refractivity contribution in [1.29, 1.82) is 0 Å². The summed E-state index contributed by atoms with van der Waals surface area (Å²) in [7, 11) is 0. The molecule has 3 rings (SSSR count). The standard InChI is InChI=1S/C22H14F6N2O3/c23-20(21(24,25)26)22(27,28)33-17-7-3-15(4-8-17)19(32)30-16-5-1-13(2-6-16)18(31)14-9-11-29-12-10-14/h1-12,20H,(H,30,32). The second kappa shape index (κ2) is 9.31. The number of nitrogens with zero attached hydrogens (tertiary/aromatic N) is 1. The second-order valence-electron chi connectivity index (χ2n) is 6.69. The Morgan fingerprint density at radius 2 is 1.30 bits per heavy atom. The molecule has 1 heterocycles. The van der Waals surface area contributed by atoms with Crippen LogP contribution in [0.15, 0.2) is 73.1 Å². The Bertz CT molecular complexity index is 1120. The van der Waals surface area contributed by atoms with Crippen molar-refractivity contribution in [2.45, 2.75) is 18.5 Å². The van der Waals surface area contributed by atoms with Crippen molar-refractivity contribution in [2.75, 3.05) is 5.32 Å². The molecule has 0 bridgehead atoms. The Hall–Kier alpha value is -3.89. The SMILES string of the molecule is O=C(Nc1ccc(C(=O)c2ccncc2)cc1)c1ccc(OC(F)(F)C(F)C(F)(F)F)cc1. The summed E-state index contributed by atoms with van der Waals surface area (Å²) in [5.74, 6) is -1.67. The highest BCUT2D eigenvalue weighted by Crippen LogP contribution is 2.36. The number of carbonyl (C=O) groups excluding carboxylic acids is 2. The molecule has 0 aliphatic carbocycles. The van der Waals surface area contributed by atoms with Gasteiger partial charge in [-0.25, -0.2) is 4.39 Å². The van der Waals surface area contributed by atoms with Gasteiger partial charge in [-0.1, -0.05) is 0 Å². The Labute approximate surface area is 183 Å². The van der Waals surface area contributed by atoms with Gasteiger partial charge in [-0.15, -0.1) is 0 Å². The highest BCUT2D eigenvalue weighted by Gasteiger charge is 2.59. The number of amides is 1. The number of pyridine rings is 1.